The summed E-state index contributed by atoms with van der Waals surface area (Å²) in [6, 6.07) is 14.7. The summed E-state index contributed by atoms with van der Waals surface area (Å²) in [5.41, 5.74) is 3.11. The zero-order chi connectivity index (χ0) is 18.9. The van der Waals surface area contributed by atoms with E-state index in [-0.39, 0.29) is 11.0 Å². The molecule has 1 unspecified atom stereocenters. The highest BCUT2D eigenvalue weighted by atomic mass is 16.5. The van der Waals surface area contributed by atoms with Gasteiger partial charge in [0.05, 0.1) is 25.0 Å². The number of azo groups is 1. The second-order valence-electron chi connectivity index (χ2n) is 5.74. The van der Waals surface area contributed by atoms with E-state index in [1.807, 2.05) is 31.2 Å². The topological polar surface area (TPSA) is 81.8 Å². The number of rotatable bonds is 8. The number of carbonyl (C=O) groups is 1. The van der Waals surface area contributed by atoms with Crippen molar-refractivity contribution in [3.8, 4) is 0 Å². The summed E-state index contributed by atoms with van der Waals surface area (Å²) in [5.74, 6) is -0.270. The zero-order valence-corrected chi connectivity index (χ0v) is 15.3. The minimum atomic E-state index is -0.270. The van der Waals surface area contributed by atoms with Crippen LogP contribution in [0, 0.1) is 5.21 Å². The molecular weight excluding hydrogens is 332 g/mol. The van der Waals surface area contributed by atoms with Gasteiger partial charge in [-0.25, -0.2) is 0 Å². The van der Waals surface area contributed by atoms with Crippen LogP contribution < -0.4 is 9.96 Å². The van der Waals surface area contributed by atoms with Gasteiger partial charge in [0, 0.05) is 31.3 Å². The lowest BCUT2D eigenvalue weighted by Crippen LogP contribution is -2.98. The number of benzene rings is 2. The second kappa shape index (κ2) is 9.65. The maximum atomic E-state index is 11.3. The van der Waals surface area contributed by atoms with Crippen LogP contribution in [0.3, 0.4) is 0 Å². The number of hydroxylamine groups is 1. The highest BCUT2D eigenvalue weighted by Crippen LogP contribution is 2.22. The predicted octanol–water partition coefficient (Wildman–Crippen LogP) is 3.14. The smallest absolute Gasteiger partial charge is 0.302 e. The molecule has 0 bridgehead atoms. The van der Waals surface area contributed by atoms with Crippen molar-refractivity contribution < 1.29 is 14.6 Å². The summed E-state index contributed by atoms with van der Waals surface area (Å²) in [7, 11) is 1.53. The molecule has 0 amide bonds. The first-order valence-corrected chi connectivity index (χ1v) is 8.50. The Balaban J connectivity index is 1.98. The van der Waals surface area contributed by atoms with Crippen molar-refractivity contribution in [3.05, 3.63) is 53.7 Å². The minimum absolute atomic E-state index is 0.0262. The summed E-state index contributed by atoms with van der Waals surface area (Å²) in [6.45, 7) is 5.26. The van der Waals surface area contributed by atoms with E-state index < -0.39 is 0 Å². The van der Waals surface area contributed by atoms with E-state index in [1.54, 1.807) is 24.3 Å². The fourth-order valence-corrected chi connectivity index (χ4v) is 2.38. The standard InChI is InChI=1S/C19H24N4O3/c1-4-23(13-14-26-15(2)24)19-11-7-17(8-12-19)21-20-16-5-9-18(10-6-16)22(3)25/h5-12,22H,4,13-14H2,1-3H3. The van der Waals surface area contributed by atoms with Gasteiger partial charge in [0.25, 0.3) is 0 Å². The van der Waals surface area contributed by atoms with Crippen molar-refractivity contribution in [3.63, 3.8) is 0 Å². The van der Waals surface area contributed by atoms with Crippen LogP contribution in [-0.4, -0.2) is 32.7 Å². The van der Waals surface area contributed by atoms with Crippen LogP contribution in [0.4, 0.5) is 22.7 Å². The van der Waals surface area contributed by atoms with Gasteiger partial charge in [-0.1, -0.05) is 0 Å². The Hall–Kier alpha value is -2.77. The molecule has 26 heavy (non-hydrogen) atoms. The molecule has 0 aliphatic rings. The summed E-state index contributed by atoms with van der Waals surface area (Å²) in [6.07, 6.45) is 0. The van der Waals surface area contributed by atoms with Crippen LogP contribution in [0.15, 0.2) is 58.8 Å². The maximum Gasteiger partial charge on any atom is 0.302 e. The van der Waals surface area contributed by atoms with E-state index in [2.05, 4.69) is 15.1 Å². The number of carbonyl (C=O) groups excluding carboxylic acids is 1. The molecule has 7 heteroatoms. The zero-order valence-electron chi connectivity index (χ0n) is 15.3. The number of hydrogen-bond acceptors (Lipinski definition) is 6. The fourth-order valence-electron chi connectivity index (χ4n) is 2.38. The molecule has 2 rings (SSSR count). The molecule has 1 atom stereocenters. The van der Waals surface area contributed by atoms with Crippen molar-refractivity contribution in [2.24, 2.45) is 10.2 Å². The van der Waals surface area contributed by atoms with Crippen LogP contribution in [0.5, 0.6) is 0 Å². The number of likely N-dealkylation sites (N-methyl/N-ethyl adjacent to an activating group) is 1. The van der Waals surface area contributed by atoms with Crippen molar-refractivity contribution >= 4 is 28.7 Å². The lowest BCUT2D eigenvalue weighted by molar-refractivity contribution is -0.751. The Morgan fingerprint density at radius 3 is 2.08 bits per heavy atom. The summed E-state index contributed by atoms with van der Waals surface area (Å²) >= 11 is 0. The lowest BCUT2D eigenvalue weighted by Gasteiger charge is -2.22. The molecule has 2 aromatic carbocycles. The van der Waals surface area contributed by atoms with Crippen LogP contribution in [0.25, 0.3) is 0 Å². The molecule has 0 aliphatic carbocycles. The number of anilines is 1. The molecule has 7 nitrogen and oxygen atoms in total. The quantitative estimate of drug-likeness (QED) is 0.447. The number of nitrogens with zero attached hydrogens (tertiary/aromatic N) is 3. The third kappa shape index (κ3) is 5.94. The Kier molecular flexibility index (Phi) is 7.25. The highest BCUT2D eigenvalue weighted by molar-refractivity contribution is 5.66. The van der Waals surface area contributed by atoms with Crippen LogP contribution in [0.1, 0.15) is 13.8 Å². The largest absolute Gasteiger partial charge is 0.629 e. The maximum absolute atomic E-state index is 11.3. The normalized spacial score (nSPS) is 12.2. The van der Waals surface area contributed by atoms with Crippen LogP contribution in [-0.2, 0) is 9.53 Å². The van der Waals surface area contributed by atoms with Gasteiger partial charge in [-0.2, -0.15) is 10.2 Å². The first kappa shape index (κ1) is 19.6. The van der Waals surface area contributed by atoms with Gasteiger partial charge in [0.15, 0.2) is 0 Å². The van der Waals surface area contributed by atoms with Gasteiger partial charge in [-0.3, -0.25) is 4.79 Å². The second-order valence-corrected chi connectivity index (χ2v) is 5.74. The monoisotopic (exact) mass is 356 g/mol. The molecule has 0 spiro atoms. The molecule has 0 radical (unpaired) electrons. The Bertz CT molecular complexity index is 727. The highest BCUT2D eigenvalue weighted by Gasteiger charge is 2.05. The van der Waals surface area contributed by atoms with E-state index in [4.69, 9.17) is 4.74 Å². The SMILES string of the molecule is CCN(CCOC(C)=O)c1ccc(N=Nc2ccc([NH+](C)[O-])cc2)cc1. The number of nitrogens with one attached hydrogen (secondary N) is 1. The van der Waals surface area contributed by atoms with E-state index in [0.29, 0.717) is 24.5 Å². The van der Waals surface area contributed by atoms with E-state index >= 15 is 0 Å². The number of quaternary nitrogens is 1. The Morgan fingerprint density at radius 2 is 1.62 bits per heavy atom. The molecule has 0 saturated carbocycles. The van der Waals surface area contributed by atoms with Crippen molar-refractivity contribution in [2.75, 3.05) is 31.6 Å². The van der Waals surface area contributed by atoms with Crippen molar-refractivity contribution in [1.82, 2.24) is 0 Å². The Labute approximate surface area is 153 Å². The van der Waals surface area contributed by atoms with Gasteiger partial charge < -0.3 is 19.9 Å². The molecule has 138 valence electrons. The summed E-state index contributed by atoms with van der Waals surface area (Å²) in [4.78, 5) is 13.0. The molecule has 1 N–H and O–H groups in total. The summed E-state index contributed by atoms with van der Waals surface area (Å²) < 4.78 is 4.99. The van der Waals surface area contributed by atoms with Crippen LogP contribution in [0.2, 0.25) is 0 Å². The minimum Gasteiger partial charge on any atom is -0.629 e. The number of hydrogen-bond donors (Lipinski definition) is 1. The predicted molar refractivity (Wildman–Crippen MR) is 101 cm³/mol. The van der Waals surface area contributed by atoms with Crippen molar-refractivity contribution in [2.45, 2.75) is 13.8 Å². The van der Waals surface area contributed by atoms with Gasteiger partial charge in [0.2, 0.25) is 0 Å². The van der Waals surface area contributed by atoms with Crippen molar-refractivity contribution in [1.29, 1.82) is 0 Å². The average Bonchev–Trinajstić information content (AvgIpc) is 2.64. The van der Waals surface area contributed by atoms with E-state index in [9.17, 15) is 10.0 Å². The molecule has 0 heterocycles. The lowest BCUT2D eigenvalue weighted by atomic mass is 10.2. The van der Waals surface area contributed by atoms with Gasteiger partial charge in [-0.15, -0.1) is 0 Å². The van der Waals surface area contributed by atoms with Gasteiger partial charge in [-0.05, 0) is 43.3 Å². The van der Waals surface area contributed by atoms with E-state index in [0.717, 1.165) is 17.9 Å². The molecule has 0 aliphatic heterocycles. The third-order valence-corrected chi connectivity index (χ3v) is 3.82. The van der Waals surface area contributed by atoms with Gasteiger partial charge in [0.1, 0.15) is 12.3 Å². The first-order valence-electron chi connectivity index (χ1n) is 8.50. The first-order chi connectivity index (χ1) is 12.5. The molecule has 0 fully saturated rings. The van der Waals surface area contributed by atoms with Gasteiger partial charge >= 0.3 is 5.97 Å². The van der Waals surface area contributed by atoms with E-state index in [1.165, 1.54) is 14.0 Å². The van der Waals surface area contributed by atoms with Crippen LogP contribution >= 0.6 is 0 Å². The molecule has 2 aromatic rings. The average molecular weight is 356 g/mol. The molecule has 0 saturated heterocycles. The Morgan fingerprint density at radius 1 is 1.08 bits per heavy atom. The summed E-state index contributed by atoms with van der Waals surface area (Å²) in [5, 5.41) is 19.7. The third-order valence-electron chi connectivity index (χ3n) is 3.82. The molecule has 0 aromatic heterocycles. The number of esters is 1. The molecular formula is C19H24N4O3. The number of ether oxygens (including phenoxy) is 1. The fraction of sp³-hybridized carbons (Fsp3) is 0.316.